The Morgan fingerprint density at radius 3 is 2.83 bits per heavy atom. The zero-order valence-corrected chi connectivity index (χ0v) is 17.8. The van der Waals surface area contributed by atoms with E-state index in [1.807, 2.05) is 7.05 Å². The molecular formula is C18H17ClN6O2S2. The summed E-state index contributed by atoms with van der Waals surface area (Å²) in [7, 11) is 2.05. The van der Waals surface area contributed by atoms with Crippen LogP contribution in [0.4, 0.5) is 5.82 Å². The first-order chi connectivity index (χ1) is 14.0. The third-order valence-electron chi connectivity index (χ3n) is 4.34. The highest BCUT2D eigenvalue weighted by atomic mass is 35.5. The van der Waals surface area contributed by atoms with Gasteiger partial charge in [-0.1, -0.05) is 11.6 Å². The summed E-state index contributed by atoms with van der Waals surface area (Å²) >= 11 is 8.46. The van der Waals surface area contributed by atoms with Gasteiger partial charge in [-0.25, -0.2) is 9.97 Å². The van der Waals surface area contributed by atoms with Crippen LogP contribution in [-0.4, -0.2) is 45.3 Å². The number of halogens is 1. The summed E-state index contributed by atoms with van der Waals surface area (Å²) in [5, 5.41) is 5.94. The number of hydrogen-bond acceptors (Lipinski definition) is 8. The first-order valence-electron chi connectivity index (χ1n) is 8.81. The average Bonchev–Trinajstić information content (AvgIpc) is 3.33. The molecule has 0 saturated heterocycles. The molecule has 1 aliphatic heterocycles. The van der Waals surface area contributed by atoms with Gasteiger partial charge in [0, 0.05) is 36.8 Å². The number of nitrogens with one attached hydrogen (secondary N) is 2. The van der Waals surface area contributed by atoms with Gasteiger partial charge >= 0.3 is 0 Å². The van der Waals surface area contributed by atoms with Crippen LogP contribution in [-0.2, 0) is 19.5 Å². The van der Waals surface area contributed by atoms with Gasteiger partial charge in [0.05, 0.1) is 21.5 Å². The lowest BCUT2D eigenvalue weighted by Gasteiger charge is -2.20. The van der Waals surface area contributed by atoms with Crippen molar-refractivity contribution in [2.24, 2.45) is 0 Å². The highest BCUT2D eigenvalue weighted by Crippen LogP contribution is 2.25. The van der Waals surface area contributed by atoms with Gasteiger partial charge in [-0.05, 0) is 19.2 Å². The van der Waals surface area contributed by atoms with Gasteiger partial charge in [0.2, 0.25) is 0 Å². The van der Waals surface area contributed by atoms with E-state index in [4.69, 9.17) is 11.6 Å². The Kier molecular flexibility index (Phi) is 5.86. The summed E-state index contributed by atoms with van der Waals surface area (Å²) in [6, 6.07) is 3.32. The minimum Gasteiger partial charge on any atom is -0.346 e. The number of likely N-dealkylation sites (N-methyl/N-ethyl adjacent to an activating group) is 1. The van der Waals surface area contributed by atoms with E-state index in [0.29, 0.717) is 25.7 Å². The Balaban J connectivity index is 1.44. The lowest BCUT2D eigenvalue weighted by atomic mass is 10.2. The molecule has 0 unspecified atom stereocenters. The van der Waals surface area contributed by atoms with Crippen LogP contribution in [0.5, 0.6) is 0 Å². The van der Waals surface area contributed by atoms with E-state index in [9.17, 15) is 9.59 Å². The molecule has 8 nitrogen and oxygen atoms in total. The number of amides is 2. The van der Waals surface area contributed by atoms with Crippen molar-refractivity contribution in [3.8, 4) is 0 Å². The molecule has 2 N–H and O–H groups in total. The quantitative estimate of drug-likeness (QED) is 0.622. The molecule has 150 valence electrons. The summed E-state index contributed by atoms with van der Waals surface area (Å²) in [4.78, 5) is 41.6. The third kappa shape index (κ3) is 4.61. The first kappa shape index (κ1) is 19.9. The number of hydrogen-bond donors (Lipinski definition) is 2. The largest absolute Gasteiger partial charge is 0.346 e. The first-order valence-corrected chi connectivity index (χ1v) is 10.8. The van der Waals surface area contributed by atoms with Crippen molar-refractivity contribution in [2.75, 3.05) is 18.9 Å². The smallest absolute Gasteiger partial charge is 0.285 e. The lowest BCUT2D eigenvalue weighted by molar-refractivity contribution is 0.0954. The monoisotopic (exact) mass is 448 g/mol. The molecule has 11 heteroatoms. The molecule has 3 aromatic heterocycles. The number of thiazole rings is 1. The van der Waals surface area contributed by atoms with Crippen LogP contribution in [0.3, 0.4) is 0 Å². The van der Waals surface area contributed by atoms with Gasteiger partial charge in [0.25, 0.3) is 11.8 Å². The number of thiophene rings is 1. The molecule has 0 aliphatic carbocycles. The van der Waals surface area contributed by atoms with Gasteiger partial charge in [0.1, 0.15) is 5.69 Å². The van der Waals surface area contributed by atoms with Crippen molar-refractivity contribution in [2.45, 2.75) is 19.5 Å². The van der Waals surface area contributed by atoms with Crippen molar-refractivity contribution in [3.63, 3.8) is 0 Å². The SMILES string of the molecule is CN1CCc2nc(C(=O)Nc3nccnc3CNC(=O)c3ccc(Cl)s3)sc2C1. The molecule has 3 aromatic rings. The number of fused-ring (bicyclic) bond motifs is 1. The molecule has 0 atom stereocenters. The van der Waals surface area contributed by atoms with Crippen LogP contribution >= 0.6 is 34.3 Å². The second-order valence-corrected chi connectivity index (χ2v) is 9.27. The van der Waals surface area contributed by atoms with Crippen LogP contribution in [0.15, 0.2) is 24.5 Å². The topological polar surface area (TPSA) is 100 Å². The third-order valence-corrected chi connectivity index (χ3v) is 6.65. The number of aromatic nitrogens is 3. The van der Waals surface area contributed by atoms with E-state index in [-0.39, 0.29) is 18.4 Å². The van der Waals surface area contributed by atoms with Crippen molar-refractivity contribution in [1.82, 2.24) is 25.2 Å². The zero-order chi connectivity index (χ0) is 20.4. The Labute approximate surface area is 180 Å². The number of carbonyl (C=O) groups excluding carboxylic acids is 2. The average molecular weight is 449 g/mol. The summed E-state index contributed by atoms with van der Waals surface area (Å²) in [6.45, 7) is 1.85. The van der Waals surface area contributed by atoms with E-state index < -0.39 is 0 Å². The van der Waals surface area contributed by atoms with E-state index in [2.05, 4.69) is 30.5 Å². The molecule has 0 spiro atoms. The second-order valence-electron chi connectivity index (χ2n) is 6.47. The van der Waals surface area contributed by atoms with Crippen LogP contribution in [0.2, 0.25) is 4.34 Å². The van der Waals surface area contributed by atoms with Crippen molar-refractivity contribution >= 4 is 51.9 Å². The highest BCUT2D eigenvalue weighted by Gasteiger charge is 2.22. The fraction of sp³-hybridized carbons (Fsp3) is 0.278. The molecule has 0 saturated carbocycles. The normalized spacial score (nSPS) is 13.7. The number of anilines is 1. The van der Waals surface area contributed by atoms with E-state index >= 15 is 0 Å². The van der Waals surface area contributed by atoms with E-state index in [1.165, 1.54) is 35.1 Å². The zero-order valence-electron chi connectivity index (χ0n) is 15.4. The van der Waals surface area contributed by atoms with Gasteiger partial charge in [-0.15, -0.1) is 22.7 Å². The summed E-state index contributed by atoms with van der Waals surface area (Å²) in [5.74, 6) is -0.293. The van der Waals surface area contributed by atoms with Crippen molar-refractivity contribution in [3.05, 3.63) is 55.0 Å². The Hall–Kier alpha value is -2.40. The van der Waals surface area contributed by atoms with Gasteiger partial charge in [0.15, 0.2) is 10.8 Å². The Morgan fingerprint density at radius 2 is 2.03 bits per heavy atom. The molecule has 29 heavy (non-hydrogen) atoms. The number of carbonyl (C=O) groups is 2. The molecule has 4 heterocycles. The fourth-order valence-electron chi connectivity index (χ4n) is 2.87. The van der Waals surface area contributed by atoms with Crippen molar-refractivity contribution < 1.29 is 9.59 Å². The Bertz CT molecular complexity index is 1070. The molecule has 0 fully saturated rings. The highest BCUT2D eigenvalue weighted by molar-refractivity contribution is 7.18. The lowest BCUT2D eigenvalue weighted by Crippen LogP contribution is -2.25. The van der Waals surface area contributed by atoms with Crippen LogP contribution < -0.4 is 10.6 Å². The van der Waals surface area contributed by atoms with Crippen molar-refractivity contribution in [1.29, 1.82) is 0 Å². The molecule has 0 bridgehead atoms. The molecule has 4 rings (SSSR count). The summed E-state index contributed by atoms with van der Waals surface area (Å²) in [6.07, 6.45) is 3.84. The molecule has 0 aromatic carbocycles. The van der Waals surface area contributed by atoms with Crippen LogP contribution in [0.25, 0.3) is 0 Å². The summed E-state index contributed by atoms with van der Waals surface area (Å²) < 4.78 is 0.542. The predicted octanol–water partition coefficient (Wildman–Crippen LogP) is 2.82. The predicted molar refractivity (Wildman–Crippen MR) is 113 cm³/mol. The number of rotatable bonds is 5. The van der Waals surface area contributed by atoms with E-state index in [1.54, 1.807) is 12.1 Å². The summed E-state index contributed by atoms with van der Waals surface area (Å²) in [5.41, 5.74) is 1.44. The minimum absolute atomic E-state index is 0.122. The molecular weight excluding hydrogens is 432 g/mol. The second kappa shape index (κ2) is 8.54. The molecule has 1 aliphatic rings. The van der Waals surface area contributed by atoms with Crippen LogP contribution in [0.1, 0.15) is 35.7 Å². The standard InChI is InChI=1S/C18H17ClN6O2S2/c1-25-7-4-10-13(9-25)29-18(23-10)17(27)24-15-11(20-5-6-21-15)8-22-16(26)12-2-3-14(19)28-12/h2-3,5-6H,4,7-9H2,1H3,(H,22,26)(H,21,24,27). The number of nitrogens with zero attached hydrogens (tertiary/aromatic N) is 4. The van der Waals surface area contributed by atoms with E-state index in [0.717, 1.165) is 30.1 Å². The maximum absolute atomic E-state index is 12.7. The molecule has 0 radical (unpaired) electrons. The van der Waals surface area contributed by atoms with Gasteiger partial charge < -0.3 is 15.5 Å². The maximum Gasteiger partial charge on any atom is 0.285 e. The van der Waals surface area contributed by atoms with Gasteiger partial charge in [-0.2, -0.15) is 0 Å². The maximum atomic E-state index is 12.7. The molecule has 2 amide bonds. The van der Waals surface area contributed by atoms with Gasteiger partial charge in [-0.3, -0.25) is 14.6 Å². The van der Waals surface area contributed by atoms with Crippen LogP contribution in [0, 0.1) is 0 Å². The fourth-order valence-corrected chi connectivity index (χ4v) is 4.91. The Morgan fingerprint density at radius 1 is 1.21 bits per heavy atom. The minimum atomic E-state index is -0.329.